The van der Waals surface area contributed by atoms with E-state index in [0.29, 0.717) is 10.9 Å². The summed E-state index contributed by atoms with van der Waals surface area (Å²) in [6.07, 6.45) is 5.00. The lowest BCUT2D eigenvalue weighted by molar-refractivity contribution is 0.102. The fourth-order valence-electron chi connectivity index (χ4n) is 2.48. The van der Waals surface area contributed by atoms with Crippen molar-refractivity contribution in [1.29, 1.82) is 5.26 Å². The van der Waals surface area contributed by atoms with Crippen LogP contribution in [0.1, 0.15) is 29.5 Å². The van der Waals surface area contributed by atoms with Crippen LogP contribution in [0.5, 0.6) is 5.88 Å². The Bertz CT molecular complexity index is 910. The van der Waals surface area contributed by atoms with Crippen molar-refractivity contribution >= 4 is 28.5 Å². The SMILES string of the molecule is CC1(c2cc(NC(=O)c3cnc(OCC#N)cn3)ccn2)CCSC(N)=N1. The Labute approximate surface area is 160 Å². The molecule has 1 aliphatic rings. The third kappa shape index (κ3) is 4.51. The first kappa shape index (κ1) is 18.6. The first-order valence-electron chi connectivity index (χ1n) is 8.08. The largest absolute Gasteiger partial charge is 0.461 e. The Morgan fingerprint density at radius 3 is 3.00 bits per heavy atom. The molecule has 0 aromatic carbocycles. The smallest absolute Gasteiger partial charge is 0.275 e. The van der Waals surface area contributed by atoms with Crippen molar-refractivity contribution in [2.45, 2.75) is 18.9 Å². The van der Waals surface area contributed by atoms with Gasteiger partial charge in [-0.3, -0.25) is 9.78 Å². The normalized spacial score (nSPS) is 18.9. The highest BCUT2D eigenvalue weighted by Crippen LogP contribution is 2.34. The summed E-state index contributed by atoms with van der Waals surface area (Å²) in [5.74, 6) is 0.622. The number of nitrogens with one attached hydrogen (secondary N) is 1. The molecule has 3 rings (SSSR count). The molecule has 27 heavy (non-hydrogen) atoms. The third-order valence-electron chi connectivity index (χ3n) is 3.91. The van der Waals surface area contributed by atoms with Gasteiger partial charge in [-0.1, -0.05) is 11.8 Å². The monoisotopic (exact) mass is 383 g/mol. The summed E-state index contributed by atoms with van der Waals surface area (Å²) in [5.41, 5.74) is 6.77. The second-order valence-corrected chi connectivity index (χ2v) is 7.01. The number of amides is 1. The summed E-state index contributed by atoms with van der Waals surface area (Å²) in [6.45, 7) is 1.84. The number of nitrogens with zero attached hydrogens (tertiary/aromatic N) is 5. The lowest BCUT2D eigenvalue weighted by atomic mass is 9.94. The molecule has 138 valence electrons. The van der Waals surface area contributed by atoms with Crippen molar-refractivity contribution in [2.24, 2.45) is 10.7 Å². The molecule has 1 aliphatic heterocycles. The van der Waals surface area contributed by atoms with Gasteiger partial charge >= 0.3 is 0 Å². The Hall–Kier alpha value is -3.19. The van der Waals surface area contributed by atoms with E-state index in [1.54, 1.807) is 18.3 Å². The maximum absolute atomic E-state index is 12.4. The van der Waals surface area contributed by atoms with Crippen LogP contribution in [0.2, 0.25) is 0 Å². The minimum atomic E-state index is -0.518. The maximum atomic E-state index is 12.4. The average Bonchev–Trinajstić information content (AvgIpc) is 2.67. The van der Waals surface area contributed by atoms with Gasteiger partial charge in [-0.05, 0) is 25.5 Å². The number of carbonyl (C=O) groups excluding carboxylic acids is 1. The molecular formula is C17H17N7O2S. The molecule has 1 amide bonds. The van der Waals surface area contributed by atoms with E-state index in [4.69, 9.17) is 15.7 Å². The van der Waals surface area contributed by atoms with Crippen LogP contribution in [-0.4, -0.2) is 38.4 Å². The quantitative estimate of drug-likeness (QED) is 0.795. The number of rotatable bonds is 5. The van der Waals surface area contributed by atoms with E-state index in [9.17, 15) is 4.79 Å². The molecule has 0 fully saturated rings. The highest BCUT2D eigenvalue weighted by Gasteiger charge is 2.31. The van der Waals surface area contributed by atoms with Gasteiger partial charge in [0.2, 0.25) is 5.88 Å². The van der Waals surface area contributed by atoms with Gasteiger partial charge in [0.1, 0.15) is 17.3 Å². The summed E-state index contributed by atoms with van der Waals surface area (Å²) < 4.78 is 5.01. The first-order chi connectivity index (χ1) is 13.0. The Balaban J connectivity index is 1.73. The first-order valence-corrected chi connectivity index (χ1v) is 9.06. The van der Waals surface area contributed by atoms with Crippen molar-refractivity contribution in [1.82, 2.24) is 15.0 Å². The minimum Gasteiger partial charge on any atom is -0.461 e. The Morgan fingerprint density at radius 1 is 1.44 bits per heavy atom. The van der Waals surface area contributed by atoms with E-state index in [2.05, 4.69) is 25.3 Å². The number of ether oxygens (including phenoxy) is 1. The molecule has 0 saturated carbocycles. The lowest BCUT2D eigenvalue weighted by Gasteiger charge is -2.28. The molecule has 9 nitrogen and oxygen atoms in total. The van der Waals surface area contributed by atoms with Gasteiger partial charge in [-0.25, -0.2) is 15.0 Å². The van der Waals surface area contributed by atoms with Crippen LogP contribution in [0, 0.1) is 11.3 Å². The van der Waals surface area contributed by atoms with E-state index in [1.165, 1.54) is 24.2 Å². The number of pyridine rings is 1. The molecule has 0 aliphatic carbocycles. The second-order valence-electron chi connectivity index (χ2n) is 5.89. The molecular weight excluding hydrogens is 366 g/mol. The van der Waals surface area contributed by atoms with Crippen LogP contribution in [0.3, 0.4) is 0 Å². The zero-order valence-corrected chi connectivity index (χ0v) is 15.4. The van der Waals surface area contributed by atoms with E-state index < -0.39 is 11.4 Å². The van der Waals surface area contributed by atoms with Gasteiger partial charge in [-0.2, -0.15) is 5.26 Å². The maximum Gasteiger partial charge on any atom is 0.275 e. The van der Waals surface area contributed by atoms with Gasteiger partial charge in [0, 0.05) is 17.6 Å². The standard InChI is InChI=1S/C17H17N7O2S/c1-17(3-7-27-16(19)24-17)13-8-11(2-5-20-13)23-15(25)12-9-22-14(10-21-12)26-6-4-18/h2,5,8-10H,3,6-7H2,1H3,(H2,19,24)(H,20,23,25). The van der Waals surface area contributed by atoms with Gasteiger partial charge in [-0.15, -0.1) is 0 Å². The van der Waals surface area contributed by atoms with Gasteiger partial charge < -0.3 is 15.8 Å². The molecule has 0 saturated heterocycles. The van der Waals surface area contributed by atoms with Crippen molar-refractivity contribution in [3.63, 3.8) is 0 Å². The molecule has 3 heterocycles. The zero-order chi connectivity index (χ0) is 19.3. The van der Waals surface area contributed by atoms with Gasteiger partial charge in [0.05, 0.1) is 18.1 Å². The number of amidine groups is 1. The molecule has 0 bridgehead atoms. The molecule has 0 spiro atoms. The van der Waals surface area contributed by atoms with E-state index in [1.807, 2.05) is 13.0 Å². The number of carbonyl (C=O) groups is 1. The van der Waals surface area contributed by atoms with Crippen molar-refractivity contribution in [2.75, 3.05) is 17.7 Å². The number of nitrogens with two attached hydrogens (primary N) is 1. The van der Waals surface area contributed by atoms with E-state index in [0.717, 1.165) is 17.9 Å². The molecule has 0 radical (unpaired) electrons. The highest BCUT2D eigenvalue weighted by molar-refractivity contribution is 8.13. The molecule has 3 N–H and O–H groups in total. The van der Waals surface area contributed by atoms with Gasteiger partial charge in [0.15, 0.2) is 11.8 Å². The third-order valence-corrected chi connectivity index (χ3v) is 4.71. The zero-order valence-electron chi connectivity index (χ0n) is 14.5. The van der Waals surface area contributed by atoms with Crippen LogP contribution in [0.25, 0.3) is 0 Å². The van der Waals surface area contributed by atoms with Crippen LogP contribution >= 0.6 is 11.8 Å². The lowest BCUT2D eigenvalue weighted by Crippen LogP contribution is -2.29. The molecule has 2 aromatic rings. The minimum absolute atomic E-state index is 0.125. The molecule has 1 unspecified atom stereocenters. The van der Waals surface area contributed by atoms with Gasteiger partial charge in [0.25, 0.3) is 5.91 Å². The van der Waals surface area contributed by atoms with Crippen LogP contribution < -0.4 is 15.8 Å². The summed E-state index contributed by atoms with van der Waals surface area (Å²) in [6, 6.07) is 5.30. The number of thioether (sulfide) groups is 1. The average molecular weight is 383 g/mol. The van der Waals surface area contributed by atoms with E-state index >= 15 is 0 Å². The summed E-state index contributed by atoms with van der Waals surface area (Å²) in [5, 5.41) is 11.8. The fourth-order valence-corrected chi connectivity index (χ4v) is 3.46. The van der Waals surface area contributed by atoms with Crippen molar-refractivity contribution in [3.8, 4) is 11.9 Å². The number of hydrogen-bond donors (Lipinski definition) is 2. The van der Waals surface area contributed by atoms with Crippen LogP contribution in [0.15, 0.2) is 35.7 Å². The Morgan fingerprint density at radius 2 is 2.30 bits per heavy atom. The molecule has 1 atom stereocenters. The van der Waals surface area contributed by atoms with Crippen LogP contribution in [0.4, 0.5) is 5.69 Å². The van der Waals surface area contributed by atoms with Crippen molar-refractivity contribution < 1.29 is 9.53 Å². The molecule has 2 aromatic heterocycles. The summed E-state index contributed by atoms with van der Waals surface area (Å²) in [7, 11) is 0. The van der Waals surface area contributed by atoms with E-state index in [-0.39, 0.29) is 18.2 Å². The predicted octanol–water partition coefficient (Wildman–Crippen LogP) is 1.69. The van der Waals surface area contributed by atoms with Crippen molar-refractivity contribution in [3.05, 3.63) is 42.1 Å². The number of hydrogen-bond acceptors (Lipinski definition) is 9. The number of aromatic nitrogens is 3. The highest BCUT2D eigenvalue weighted by atomic mass is 32.2. The Kier molecular flexibility index (Phi) is 5.52. The fraction of sp³-hybridized carbons (Fsp3) is 0.294. The molecule has 10 heteroatoms. The van der Waals surface area contributed by atoms with Crippen LogP contribution in [-0.2, 0) is 5.54 Å². The second kappa shape index (κ2) is 8.01. The topological polar surface area (TPSA) is 139 Å². The number of anilines is 1. The number of aliphatic imine (C=N–C) groups is 1. The summed E-state index contributed by atoms with van der Waals surface area (Å²) >= 11 is 1.52. The summed E-state index contributed by atoms with van der Waals surface area (Å²) in [4.78, 5) is 29.2. The predicted molar refractivity (Wildman–Crippen MR) is 101 cm³/mol. The number of nitriles is 1.